The van der Waals surface area contributed by atoms with Crippen molar-refractivity contribution in [1.82, 2.24) is 0 Å². The van der Waals surface area contributed by atoms with Gasteiger partial charge in [-0.15, -0.1) is 0 Å². The molecule has 0 rings (SSSR count). The topological polar surface area (TPSA) is 20.2 Å². The van der Waals surface area contributed by atoms with Crippen molar-refractivity contribution in [2.45, 2.75) is 19.3 Å². The molecular formula is C12H16O. The Hall–Kier alpha value is -1.26. The van der Waals surface area contributed by atoms with Crippen LogP contribution in [0.15, 0.2) is 37.0 Å². The molecule has 13 heavy (non-hydrogen) atoms. The maximum atomic E-state index is 8.43. The van der Waals surface area contributed by atoms with E-state index in [1.807, 2.05) is 12.2 Å². The molecule has 0 aromatic carbocycles. The first-order valence-corrected chi connectivity index (χ1v) is 4.42. The van der Waals surface area contributed by atoms with Crippen molar-refractivity contribution in [3.05, 3.63) is 37.0 Å². The number of rotatable bonds is 5. The van der Waals surface area contributed by atoms with Crippen LogP contribution in [-0.2, 0) is 0 Å². The van der Waals surface area contributed by atoms with Crippen molar-refractivity contribution in [2.75, 3.05) is 6.61 Å². The van der Waals surface area contributed by atoms with Crippen LogP contribution in [0, 0.1) is 11.8 Å². The minimum Gasteiger partial charge on any atom is -0.392 e. The van der Waals surface area contributed by atoms with Gasteiger partial charge in [0.1, 0.15) is 0 Å². The van der Waals surface area contributed by atoms with Crippen LogP contribution in [0.3, 0.4) is 0 Å². The third-order valence-electron chi connectivity index (χ3n) is 1.36. The molecule has 0 heterocycles. The Kier molecular flexibility index (Phi) is 9.70. The molecule has 0 bridgehead atoms. The Morgan fingerprint density at radius 2 is 1.77 bits per heavy atom. The maximum absolute atomic E-state index is 8.43. The highest BCUT2D eigenvalue weighted by atomic mass is 16.2. The first kappa shape index (κ1) is 11.7. The second-order valence-electron chi connectivity index (χ2n) is 2.43. The number of unbranched alkanes of at least 4 members (excludes halogenated alkanes) is 1. The molecule has 0 amide bonds. The molecule has 1 nitrogen and oxygen atoms in total. The monoisotopic (exact) mass is 176 g/mol. The Morgan fingerprint density at radius 3 is 2.38 bits per heavy atom. The fourth-order valence-corrected chi connectivity index (χ4v) is 0.776. The second kappa shape index (κ2) is 10.7. The van der Waals surface area contributed by atoms with E-state index in [1.54, 1.807) is 12.2 Å². The predicted octanol–water partition coefficient (Wildman–Crippen LogP) is 2.45. The maximum Gasteiger partial charge on any atom is 0.0612 e. The lowest BCUT2D eigenvalue weighted by atomic mass is 10.2. The highest BCUT2D eigenvalue weighted by Gasteiger charge is 1.75. The van der Waals surface area contributed by atoms with Gasteiger partial charge in [-0.2, -0.15) is 0 Å². The zero-order valence-electron chi connectivity index (χ0n) is 7.87. The zero-order chi connectivity index (χ0) is 9.78. The summed E-state index contributed by atoms with van der Waals surface area (Å²) in [5.41, 5.74) is 0. The normalized spacial score (nSPS) is 10.2. The molecule has 0 aliphatic carbocycles. The highest BCUT2D eigenvalue weighted by molar-refractivity contribution is 5.14. The lowest BCUT2D eigenvalue weighted by Gasteiger charge is -1.84. The van der Waals surface area contributed by atoms with Crippen LogP contribution in [0.2, 0.25) is 0 Å². The van der Waals surface area contributed by atoms with Crippen molar-refractivity contribution in [3.8, 4) is 11.8 Å². The van der Waals surface area contributed by atoms with Crippen molar-refractivity contribution in [3.63, 3.8) is 0 Å². The van der Waals surface area contributed by atoms with Gasteiger partial charge in [0.15, 0.2) is 0 Å². The molecule has 1 heteroatoms. The molecule has 0 radical (unpaired) electrons. The minimum atomic E-state index is 0.133. The van der Waals surface area contributed by atoms with Crippen LogP contribution in [0.5, 0.6) is 0 Å². The van der Waals surface area contributed by atoms with E-state index in [-0.39, 0.29) is 6.61 Å². The average Bonchev–Trinajstić information content (AvgIpc) is 2.16. The smallest absolute Gasteiger partial charge is 0.0612 e. The highest BCUT2D eigenvalue weighted by Crippen LogP contribution is 1.93. The van der Waals surface area contributed by atoms with Crippen molar-refractivity contribution in [1.29, 1.82) is 0 Å². The summed E-state index contributed by atoms with van der Waals surface area (Å²) >= 11 is 0. The standard InChI is InChI=1S/C12H16O/c1-2-3-4-5-6-7-8-9-10-11-12-13/h2,6-7,10-11,13H,1,5,8-9,12H2. The molecule has 1 N–H and O–H groups in total. The predicted molar refractivity (Wildman–Crippen MR) is 57.2 cm³/mol. The molecule has 0 aliphatic rings. The lowest BCUT2D eigenvalue weighted by molar-refractivity contribution is 0.342. The molecule has 0 spiro atoms. The van der Waals surface area contributed by atoms with E-state index in [0.29, 0.717) is 0 Å². The first-order valence-electron chi connectivity index (χ1n) is 4.42. The van der Waals surface area contributed by atoms with Gasteiger partial charge in [0.2, 0.25) is 0 Å². The third-order valence-corrected chi connectivity index (χ3v) is 1.36. The summed E-state index contributed by atoms with van der Waals surface area (Å²) in [6, 6.07) is 0. The molecule has 0 aliphatic heterocycles. The van der Waals surface area contributed by atoms with Gasteiger partial charge in [-0.25, -0.2) is 0 Å². The van der Waals surface area contributed by atoms with Gasteiger partial charge in [-0.05, 0) is 18.9 Å². The molecule has 0 fully saturated rings. The molecule has 0 aromatic heterocycles. The summed E-state index contributed by atoms with van der Waals surface area (Å²) in [4.78, 5) is 0. The summed E-state index contributed by atoms with van der Waals surface area (Å²) in [5.74, 6) is 5.70. The summed E-state index contributed by atoms with van der Waals surface area (Å²) in [6.07, 6.45) is 12.2. The van der Waals surface area contributed by atoms with E-state index in [2.05, 4.69) is 24.5 Å². The van der Waals surface area contributed by atoms with Gasteiger partial charge >= 0.3 is 0 Å². The lowest BCUT2D eigenvalue weighted by Crippen LogP contribution is -1.71. The number of aliphatic hydroxyl groups is 1. The fourth-order valence-electron chi connectivity index (χ4n) is 0.776. The SMILES string of the molecule is C=CC#CCC=CCCC=CCO. The Bertz CT molecular complexity index is 225. The van der Waals surface area contributed by atoms with Crippen LogP contribution in [0.25, 0.3) is 0 Å². The van der Waals surface area contributed by atoms with Crippen molar-refractivity contribution < 1.29 is 5.11 Å². The van der Waals surface area contributed by atoms with E-state index in [0.717, 1.165) is 19.3 Å². The molecule has 0 atom stereocenters. The van der Waals surface area contributed by atoms with Crippen molar-refractivity contribution in [2.24, 2.45) is 0 Å². The zero-order valence-corrected chi connectivity index (χ0v) is 7.87. The van der Waals surface area contributed by atoms with E-state index in [1.165, 1.54) is 0 Å². The van der Waals surface area contributed by atoms with Crippen LogP contribution >= 0.6 is 0 Å². The summed E-state index contributed by atoms with van der Waals surface area (Å²) in [5, 5.41) is 8.43. The number of aliphatic hydroxyl groups excluding tert-OH is 1. The summed E-state index contributed by atoms with van der Waals surface area (Å²) in [6.45, 7) is 3.63. The minimum absolute atomic E-state index is 0.133. The fraction of sp³-hybridized carbons (Fsp3) is 0.333. The average molecular weight is 176 g/mol. The van der Waals surface area contributed by atoms with Crippen LogP contribution in [-0.4, -0.2) is 11.7 Å². The molecule has 0 unspecified atom stereocenters. The van der Waals surface area contributed by atoms with E-state index >= 15 is 0 Å². The quantitative estimate of drug-likeness (QED) is 0.387. The van der Waals surface area contributed by atoms with E-state index in [4.69, 9.17) is 5.11 Å². The molecular weight excluding hydrogens is 160 g/mol. The first-order chi connectivity index (χ1) is 6.41. The Labute approximate surface area is 80.5 Å². The molecule has 70 valence electrons. The van der Waals surface area contributed by atoms with E-state index < -0.39 is 0 Å². The second-order valence-corrected chi connectivity index (χ2v) is 2.43. The molecule has 0 saturated carbocycles. The van der Waals surface area contributed by atoms with Crippen LogP contribution in [0.4, 0.5) is 0 Å². The summed E-state index contributed by atoms with van der Waals surface area (Å²) < 4.78 is 0. The molecule has 0 aromatic rings. The van der Waals surface area contributed by atoms with Crippen LogP contribution in [0.1, 0.15) is 19.3 Å². The summed E-state index contributed by atoms with van der Waals surface area (Å²) in [7, 11) is 0. The number of hydrogen-bond donors (Lipinski definition) is 1. The Balaban J connectivity index is 3.31. The van der Waals surface area contributed by atoms with Gasteiger partial charge in [0, 0.05) is 6.42 Å². The molecule has 0 saturated heterocycles. The van der Waals surface area contributed by atoms with E-state index in [9.17, 15) is 0 Å². The third kappa shape index (κ3) is 10.7. The number of allylic oxidation sites excluding steroid dienone is 4. The van der Waals surface area contributed by atoms with Gasteiger partial charge in [0.05, 0.1) is 6.61 Å². The van der Waals surface area contributed by atoms with Gasteiger partial charge in [-0.3, -0.25) is 0 Å². The van der Waals surface area contributed by atoms with Gasteiger partial charge < -0.3 is 5.11 Å². The van der Waals surface area contributed by atoms with Crippen LogP contribution < -0.4 is 0 Å². The van der Waals surface area contributed by atoms with Crippen molar-refractivity contribution >= 4 is 0 Å². The largest absolute Gasteiger partial charge is 0.392 e. The van der Waals surface area contributed by atoms with Gasteiger partial charge in [0.25, 0.3) is 0 Å². The number of hydrogen-bond acceptors (Lipinski definition) is 1. The Morgan fingerprint density at radius 1 is 1.08 bits per heavy atom. The van der Waals surface area contributed by atoms with Gasteiger partial charge in [-0.1, -0.05) is 42.7 Å².